The summed E-state index contributed by atoms with van der Waals surface area (Å²) in [4.78, 5) is 16.1. The number of pyridine rings is 1. The van der Waals surface area contributed by atoms with Crippen LogP contribution in [0.15, 0.2) is 42.9 Å². The van der Waals surface area contributed by atoms with Crippen LogP contribution in [0, 0.1) is 12.8 Å². The Morgan fingerprint density at radius 3 is 2.64 bits per heavy atom. The molecule has 4 heterocycles. The number of fused-ring (bicyclic) bond motifs is 1. The molecule has 2 atom stereocenters. The zero-order valence-electron chi connectivity index (χ0n) is 23.0. The number of aliphatic hydroxyl groups excluding tert-OH is 1. The highest BCUT2D eigenvalue weighted by Crippen LogP contribution is 2.39. The highest BCUT2D eigenvalue weighted by atomic mass is 32.2. The highest BCUT2D eigenvalue weighted by molar-refractivity contribution is 7.90. The van der Waals surface area contributed by atoms with E-state index in [1.807, 2.05) is 19.3 Å². The standard InChI is InChI=1S/C28H35N7O3S/c1-17(2)21-6-7-25(35-14-20(19(35)4)16-39(5,37)38)23-13-30-27(12-22(21)23)31-26-8-9-29-28(32-26)24-15-34(10-11-36)33-18(24)3/h6-9,12-13,15,17,19-20,36H,10-11,14,16H2,1-5H3,(H,29,30,31,32)/t19-,20-/m1/s1. The quantitative estimate of drug-likeness (QED) is 0.319. The number of benzene rings is 1. The number of hydrogen-bond donors (Lipinski definition) is 2. The van der Waals surface area contributed by atoms with Crippen LogP contribution in [0.3, 0.4) is 0 Å². The van der Waals surface area contributed by atoms with Gasteiger partial charge in [0.25, 0.3) is 0 Å². The first-order chi connectivity index (χ1) is 18.5. The largest absolute Gasteiger partial charge is 0.394 e. The van der Waals surface area contributed by atoms with Crippen LogP contribution in [0.25, 0.3) is 22.2 Å². The van der Waals surface area contributed by atoms with Crippen molar-refractivity contribution < 1.29 is 13.5 Å². The fourth-order valence-corrected chi connectivity index (χ4v) is 6.46. The summed E-state index contributed by atoms with van der Waals surface area (Å²) in [6.07, 6.45) is 6.73. The maximum Gasteiger partial charge on any atom is 0.164 e. The molecule has 1 fully saturated rings. The summed E-state index contributed by atoms with van der Waals surface area (Å²) in [7, 11) is -3.02. The first-order valence-corrected chi connectivity index (χ1v) is 15.2. The molecule has 39 heavy (non-hydrogen) atoms. The van der Waals surface area contributed by atoms with E-state index >= 15 is 0 Å². The number of nitrogens with zero attached hydrogens (tertiary/aromatic N) is 6. The summed E-state index contributed by atoms with van der Waals surface area (Å²) in [5, 5.41) is 19.1. The van der Waals surface area contributed by atoms with E-state index in [-0.39, 0.29) is 24.3 Å². The third kappa shape index (κ3) is 5.60. The fourth-order valence-electron chi connectivity index (χ4n) is 5.30. The van der Waals surface area contributed by atoms with Crippen LogP contribution in [0.5, 0.6) is 0 Å². The number of aryl methyl sites for hydroxylation is 1. The minimum absolute atomic E-state index is 0.00856. The Balaban J connectivity index is 1.45. The molecule has 10 nitrogen and oxygen atoms in total. The molecule has 2 N–H and O–H groups in total. The Kier molecular flexibility index (Phi) is 7.30. The van der Waals surface area contributed by atoms with Gasteiger partial charge in [-0.25, -0.2) is 23.4 Å². The van der Waals surface area contributed by atoms with Gasteiger partial charge >= 0.3 is 0 Å². The average molecular weight is 550 g/mol. The molecule has 4 aromatic rings. The number of nitrogens with one attached hydrogen (secondary N) is 1. The molecule has 1 saturated heterocycles. The third-order valence-electron chi connectivity index (χ3n) is 7.39. The maximum absolute atomic E-state index is 11.8. The van der Waals surface area contributed by atoms with Crippen molar-refractivity contribution in [2.24, 2.45) is 5.92 Å². The monoisotopic (exact) mass is 549 g/mol. The first-order valence-electron chi connectivity index (χ1n) is 13.2. The van der Waals surface area contributed by atoms with E-state index in [1.165, 1.54) is 11.8 Å². The van der Waals surface area contributed by atoms with Crippen molar-refractivity contribution in [3.63, 3.8) is 0 Å². The van der Waals surface area contributed by atoms with Gasteiger partial charge in [-0.1, -0.05) is 19.9 Å². The number of aromatic nitrogens is 5. The van der Waals surface area contributed by atoms with E-state index in [0.29, 0.717) is 36.5 Å². The van der Waals surface area contributed by atoms with Crippen LogP contribution in [0.4, 0.5) is 17.3 Å². The minimum Gasteiger partial charge on any atom is -0.394 e. The van der Waals surface area contributed by atoms with E-state index in [9.17, 15) is 13.5 Å². The van der Waals surface area contributed by atoms with Crippen LogP contribution in [-0.4, -0.2) is 69.5 Å². The van der Waals surface area contributed by atoms with E-state index in [2.05, 4.69) is 59.3 Å². The van der Waals surface area contributed by atoms with Gasteiger partial charge in [0.15, 0.2) is 5.82 Å². The Morgan fingerprint density at radius 2 is 1.95 bits per heavy atom. The fraction of sp³-hybridized carbons (Fsp3) is 0.429. The number of sulfone groups is 1. The number of hydrogen-bond acceptors (Lipinski definition) is 9. The van der Waals surface area contributed by atoms with Gasteiger partial charge in [-0.05, 0) is 48.9 Å². The Morgan fingerprint density at radius 1 is 1.15 bits per heavy atom. The van der Waals surface area contributed by atoms with Crippen molar-refractivity contribution in [2.75, 3.05) is 35.4 Å². The number of aliphatic hydroxyl groups is 1. The van der Waals surface area contributed by atoms with Crippen molar-refractivity contribution in [1.29, 1.82) is 0 Å². The summed E-state index contributed by atoms with van der Waals surface area (Å²) in [5.41, 5.74) is 3.89. The van der Waals surface area contributed by atoms with Crippen LogP contribution in [0.1, 0.15) is 37.9 Å². The second-order valence-electron chi connectivity index (χ2n) is 10.7. The normalized spacial score (nSPS) is 17.6. The minimum atomic E-state index is -3.02. The van der Waals surface area contributed by atoms with Crippen molar-refractivity contribution in [3.8, 4) is 11.4 Å². The summed E-state index contributed by atoms with van der Waals surface area (Å²) in [6, 6.07) is 8.29. The predicted octanol–water partition coefficient (Wildman–Crippen LogP) is 3.93. The lowest BCUT2D eigenvalue weighted by Gasteiger charge is -2.48. The van der Waals surface area contributed by atoms with Gasteiger partial charge in [0.05, 0.1) is 30.2 Å². The second-order valence-corrected chi connectivity index (χ2v) is 12.9. The van der Waals surface area contributed by atoms with Gasteiger partial charge in [0.2, 0.25) is 0 Å². The summed E-state index contributed by atoms with van der Waals surface area (Å²) in [5.74, 6) is 2.48. The smallest absolute Gasteiger partial charge is 0.164 e. The Labute approximate surface area is 229 Å². The van der Waals surface area contributed by atoms with Crippen LogP contribution in [0.2, 0.25) is 0 Å². The molecule has 0 saturated carbocycles. The van der Waals surface area contributed by atoms with Gasteiger partial charge < -0.3 is 15.3 Å². The number of anilines is 3. The van der Waals surface area contributed by atoms with Crippen LogP contribution in [-0.2, 0) is 16.4 Å². The van der Waals surface area contributed by atoms with E-state index in [4.69, 9.17) is 9.97 Å². The van der Waals surface area contributed by atoms with Crippen LogP contribution >= 0.6 is 0 Å². The summed E-state index contributed by atoms with van der Waals surface area (Å²) >= 11 is 0. The average Bonchev–Trinajstić information content (AvgIpc) is 3.25. The summed E-state index contributed by atoms with van der Waals surface area (Å²) < 4.78 is 25.3. The van der Waals surface area contributed by atoms with Crippen molar-refractivity contribution in [1.82, 2.24) is 24.7 Å². The highest BCUT2D eigenvalue weighted by Gasteiger charge is 2.38. The van der Waals surface area contributed by atoms with Gasteiger partial charge in [-0.2, -0.15) is 5.10 Å². The van der Waals surface area contributed by atoms with E-state index in [0.717, 1.165) is 27.7 Å². The van der Waals surface area contributed by atoms with Crippen LogP contribution < -0.4 is 10.2 Å². The molecule has 0 spiro atoms. The SMILES string of the molecule is Cc1nn(CCO)cc1-c1nccc(Nc2cc3c(C(C)C)ccc(N4C[C@H](CS(C)(=O)=O)[C@H]4C)c3cn2)n1. The molecule has 1 aliphatic heterocycles. The molecule has 0 amide bonds. The lowest BCUT2D eigenvalue weighted by molar-refractivity contribution is 0.269. The van der Waals surface area contributed by atoms with Crippen molar-refractivity contribution in [2.45, 2.75) is 46.2 Å². The topological polar surface area (TPSA) is 126 Å². The number of rotatable bonds is 9. The molecule has 5 rings (SSSR count). The van der Waals surface area contributed by atoms with E-state index < -0.39 is 9.84 Å². The molecular weight excluding hydrogens is 514 g/mol. The molecule has 11 heteroatoms. The van der Waals surface area contributed by atoms with E-state index in [1.54, 1.807) is 16.9 Å². The molecule has 1 aliphatic rings. The zero-order valence-corrected chi connectivity index (χ0v) is 23.8. The van der Waals surface area contributed by atoms with Gasteiger partial charge in [0, 0.05) is 54.4 Å². The predicted molar refractivity (Wildman–Crippen MR) is 154 cm³/mol. The second kappa shape index (κ2) is 10.5. The zero-order chi connectivity index (χ0) is 27.9. The molecule has 0 radical (unpaired) electrons. The maximum atomic E-state index is 11.8. The molecule has 0 bridgehead atoms. The Bertz CT molecular complexity index is 1620. The molecule has 1 aromatic carbocycles. The molecular formula is C28H35N7O3S. The Hall–Kier alpha value is -3.57. The third-order valence-corrected chi connectivity index (χ3v) is 8.43. The van der Waals surface area contributed by atoms with Gasteiger partial charge in [-0.3, -0.25) is 4.68 Å². The molecule has 3 aromatic heterocycles. The van der Waals surface area contributed by atoms with Crippen molar-refractivity contribution >= 4 is 37.9 Å². The summed E-state index contributed by atoms with van der Waals surface area (Å²) in [6.45, 7) is 9.46. The molecule has 206 valence electrons. The van der Waals surface area contributed by atoms with Crippen molar-refractivity contribution in [3.05, 3.63) is 54.1 Å². The lowest BCUT2D eigenvalue weighted by Crippen LogP contribution is -2.57. The van der Waals surface area contributed by atoms with Gasteiger partial charge in [-0.15, -0.1) is 0 Å². The molecule has 0 unspecified atom stereocenters. The first kappa shape index (κ1) is 27.0. The molecule has 0 aliphatic carbocycles. The van der Waals surface area contributed by atoms with Gasteiger partial charge in [0.1, 0.15) is 21.5 Å². The lowest BCUT2D eigenvalue weighted by atomic mass is 9.88.